The van der Waals surface area contributed by atoms with E-state index in [1.807, 2.05) is 20.8 Å². The Labute approximate surface area is 103 Å². The average Bonchev–Trinajstić information content (AvgIpc) is 2.26. The van der Waals surface area contributed by atoms with Gasteiger partial charge in [0.25, 0.3) is 5.91 Å². The van der Waals surface area contributed by atoms with Gasteiger partial charge in [-0.15, -0.1) is 0 Å². The molecule has 6 heteroatoms. The standard InChI is InChI=1S/C11H24N4O2/c1-5-9(11(17)14-12)15(4)7-10(16)13-6-8(2)3/h8-9H,5-7,12H2,1-4H3,(H,13,16)(H,14,17). The van der Waals surface area contributed by atoms with E-state index < -0.39 is 0 Å². The third kappa shape index (κ3) is 6.23. The van der Waals surface area contributed by atoms with Gasteiger partial charge in [-0.2, -0.15) is 0 Å². The minimum absolute atomic E-state index is 0.0792. The summed E-state index contributed by atoms with van der Waals surface area (Å²) in [6.45, 7) is 6.77. The second-order valence-electron chi connectivity index (χ2n) is 4.55. The van der Waals surface area contributed by atoms with Crippen molar-refractivity contribution < 1.29 is 9.59 Å². The number of carbonyl (C=O) groups is 2. The highest BCUT2D eigenvalue weighted by molar-refractivity contribution is 5.83. The first-order chi connectivity index (χ1) is 7.92. The van der Waals surface area contributed by atoms with Gasteiger partial charge in [-0.25, -0.2) is 5.84 Å². The van der Waals surface area contributed by atoms with Gasteiger partial charge in [0.1, 0.15) is 0 Å². The maximum Gasteiger partial charge on any atom is 0.251 e. The molecule has 0 saturated heterocycles. The fraction of sp³-hybridized carbons (Fsp3) is 0.818. The lowest BCUT2D eigenvalue weighted by Crippen LogP contribution is -2.50. The topological polar surface area (TPSA) is 87.5 Å². The van der Waals surface area contributed by atoms with E-state index in [2.05, 4.69) is 10.7 Å². The Kier molecular flexibility index (Phi) is 7.49. The van der Waals surface area contributed by atoms with Crippen LogP contribution in [0.4, 0.5) is 0 Å². The molecule has 2 amide bonds. The van der Waals surface area contributed by atoms with Crippen LogP contribution in [0, 0.1) is 5.92 Å². The van der Waals surface area contributed by atoms with E-state index in [1.54, 1.807) is 11.9 Å². The van der Waals surface area contributed by atoms with Crippen LogP contribution in [-0.2, 0) is 9.59 Å². The molecular weight excluding hydrogens is 220 g/mol. The highest BCUT2D eigenvalue weighted by atomic mass is 16.2. The molecule has 0 aliphatic heterocycles. The van der Waals surface area contributed by atoms with Crippen LogP contribution in [0.15, 0.2) is 0 Å². The Morgan fingerprint density at radius 2 is 1.94 bits per heavy atom. The zero-order valence-corrected chi connectivity index (χ0v) is 11.1. The van der Waals surface area contributed by atoms with E-state index in [1.165, 1.54) is 0 Å². The normalized spacial score (nSPS) is 12.6. The molecule has 0 aliphatic carbocycles. The number of nitrogens with two attached hydrogens (primary N) is 1. The van der Waals surface area contributed by atoms with Gasteiger partial charge in [0, 0.05) is 6.54 Å². The van der Waals surface area contributed by atoms with Crippen LogP contribution in [0.25, 0.3) is 0 Å². The Bertz CT molecular complexity index is 256. The first-order valence-corrected chi connectivity index (χ1v) is 5.89. The molecule has 0 heterocycles. The number of nitrogens with zero attached hydrogens (tertiary/aromatic N) is 1. The molecule has 17 heavy (non-hydrogen) atoms. The van der Waals surface area contributed by atoms with Gasteiger partial charge in [-0.1, -0.05) is 20.8 Å². The molecule has 100 valence electrons. The quantitative estimate of drug-likeness (QED) is 0.319. The van der Waals surface area contributed by atoms with Crippen LogP contribution in [0.1, 0.15) is 27.2 Å². The van der Waals surface area contributed by atoms with Gasteiger partial charge in [0.05, 0.1) is 12.6 Å². The second-order valence-corrected chi connectivity index (χ2v) is 4.55. The summed E-state index contributed by atoms with van der Waals surface area (Å²) >= 11 is 0. The SMILES string of the molecule is CCC(C(=O)NN)N(C)CC(=O)NCC(C)C. The molecule has 0 aromatic rings. The molecule has 0 fully saturated rings. The first kappa shape index (κ1) is 15.9. The van der Waals surface area contributed by atoms with Gasteiger partial charge in [-0.3, -0.25) is 19.9 Å². The van der Waals surface area contributed by atoms with Crippen LogP contribution in [0.3, 0.4) is 0 Å². The van der Waals surface area contributed by atoms with Crippen LogP contribution < -0.4 is 16.6 Å². The number of nitrogens with one attached hydrogen (secondary N) is 2. The largest absolute Gasteiger partial charge is 0.355 e. The fourth-order valence-corrected chi connectivity index (χ4v) is 1.50. The number of rotatable bonds is 7. The van der Waals surface area contributed by atoms with Crippen LogP contribution in [0.5, 0.6) is 0 Å². The molecule has 0 aromatic heterocycles. The molecule has 0 rings (SSSR count). The van der Waals surface area contributed by atoms with E-state index in [0.717, 1.165) is 0 Å². The number of hydrazine groups is 1. The highest BCUT2D eigenvalue weighted by Gasteiger charge is 2.22. The Morgan fingerprint density at radius 1 is 1.35 bits per heavy atom. The Hall–Kier alpha value is -1.14. The second kappa shape index (κ2) is 8.03. The predicted octanol–water partition coefficient (Wildman–Crippen LogP) is -0.541. The summed E-state index contributed by atoms with van der Waals surface area (Å²) in [6.07, 6.45) is 0.608. The third-order valence-corrected chi connectivity index (χ3v) is 2.46. The summed E-state index contributed by atoms with van der Waals surface area (Å²) in [6, 6.07) is -0.371. The van der Waals surface area contributed by atoms with Crippen molar-refractivity contribution >= 4 is 11.8 Å². The predicted molar refractivity (Wildman–Crippen MR) is 66.9 cm³/mol. The minimum atomic E-state index is -0.371. The van der Waals surface area contributed by atoms with E-state index >= 15 is 0 Å². The van der Waals surface area contributed by atoms with Crippen LogP contribution in [0.2, 0.25) is 0 Å². The minimum Gasteiger partial charge on any atom is -0.355 e. The number of likely N-dealkylation sites (N-methyl/N-ethyl adjacent to an activating group) is 1. The van der Waals surface area contributed by atoms with E-state index in [4.69, 9.17) is 5.84 Å². The molecular formula is C11H24N4O2. The zero-order valence-electron chi connectivity index (χ0n) is 11.1. The summed E-state index contributed by atoms with van der Waals surface area (Å²) in [7, 11) is 1.73. The molecule has 1 atom stereocenters. The fourth-order valence-electron chi connectivity index (χ4n) is 1.50. The van der Waals surface area contributed by atoms with E-state index in [-0.39, 0.29) is 24.4 Å². The van der Waals surface area contributed by atoms with Crippen molar-refractivity contribution in [2.45, 2.75) is 33.2 Å². The monoisotopic (exact) mass is 244 g/mol. The number of amides is 2. The van der Waals surface area contributed by atoms with Crippen molar-refractivity contribution in [1.82, 2.24) is 15.6 Å². The Morgan fingerprint density at radius 3 is 2.35 bits per heavy atom. The summed E-state index contributed by atoms with van der Waals surface area (Å²) < 4.78 is 0. The van der Waals surface area contributed by atoms with Crippen LogP contribution in [-0.4, -0.2) is 42.9 Å². The van der Waals surface area contributed by atoms with Crippen LogP contribution >= 0.6 is 0 Å². The van der Waals surface area contributed by atoms with Gasteiger partial charge in [0.15, 0.2) is 0 Å². The lowest BCUT2D eigenvalue weighted by molar-refractivity contribution is -0.128. The number of carbonyl (C=O) groups excluding carboxylic acids is 2. The smallest absolute Gasteiger partial charge is 0.251 e. The zero-order chi connectivity index (χ0) is 13.4. The van der Waals surface area contributed by atoms with Crippen molar-refractivity contribution in [3.05, 3.63) is 0 Å². The summed E-state index contributed by atoms with van der Waals surface area (Å²) in [5.74, 6) is 5.15. The summed E-state index contributed by atoms with van der Waals surface area (Å²) in [5, 5.41) is 2.81. The van der Waals surface area contributed by atoms with E-state index in [0.29, 0.717) is 18.9 Å². The Balaban J connectivity index is 4.17. The lowest BCUT2D eigenvalue weighted by Gasteiger charge is -2.24. The molecule has 1 unspecified atom stereocenters. The molecule has 0 aliphatic rings. The summed E-state index contributed by atoms with van der Waals surface area (Å²) in [5.41, 5.74) is 2.11. The maximum absolute atomic E-state index is 11.6. The molecule has 0 radical (unpaired) electrons. The summed E-state index contributed by atoms with van der Waals surface area (Å²) in [4.78, 5) is 24.7. The average molecular weight is 244 g/mol. The first-order valence-electron chi connectivity index (χ1n) is 5.89. The molecule has 4 N–H and O–H groups in total. The van der Waals surface area contributed by atoms with Crippen molar-refractivity contribution in [3.8, 4) is 0 Å². The number of hydrogen-bond acceptors (Lipinski definition) is 4. The molecule has 0 aromatic carbocycles. The van der Waals surface area contributed by atoms with Gasteiger partial charge in [-0.05, 0) is 19.4 Å². The van der Waals surface area contributed by atoms with E-state index in [9.17, 15) is 9.59 Å². The maximum atomic E-state index is 11.6. The highest BCUT2D eigenvalue weighted by Crippen LogP contribution is 2.01. The van der Waals surface area contributed by atoms with Crippen molar-refractivity contribution in [2.75, 3.05) is 20.1 Å². The third-order valence-electron chi connectivity index (χ3n) is 2.46. The molecule has 0 spiro atoms. The number of hydrogen-bond donors (Lipinski definition) is 3. The van der Waals surface area contributed by atoms with Gasteiger partial charge >= 0.3 is 0 Å². The molecule has 0 saturated carbocycles. The van der Waals surface area contributed by atoms with Gasteiger partial charge < -0.3 is 5.32 Å². The van der Waals surface area contributed by atoms with Gasteiger partial charge in [0.2, 0.25) is 5.91 Å². The van der Waals surface area contributed by atoms with Crippen molar-refractivity contribution in [2.24, 2.45) is 11.8 Å². The molecule has 0 bridgehead atoms. The lowest BCUT2D eigenvalue weighted by atomic mass is 10.2. The van der Waals surface area contributed by atoms with Crippen molar-refractivity contribution in [3.63, 3.8) is 0 Å². The van der Waals surface area contributed by atoms with Crippen molar-refractivity contribution in [1.29, 1.82) is 0 Å². The molecule has 6 nitrogen and oxygen atoms in total.